The van der Waals surface area contributed by atoms with E-state index in [2.05, 4.69) is 24.9 Å². The largest absolute Gasteiger partial charge is 0.264 e. The van der Waals surface area contributed by atoms with Gasteiger partial charge in [0.25, 0.3) is 0 Å². The van der Waals surface area contributed by atoms with Gasteiger partial charge in [0.05, 0.1) is 11.5 Å². The third-order valence-electron chi connectivity index (χ3n) is 4.04. The quantitative estimate of drug-likeness (QED) is 0.768. The molecule has 0 spiro atoms. The number of nitriles is 1. The Hall–Kier alpha value is -2.28. The van der Waals surface area contributed by atoms with Gasteiger partial charge in [-0.3, -0.25) is 4.98 Å². The summed E-state index contributed by atoms with van der Waals surface area (Å²) >= 11 is 0. The molecule has 2 nitrogen and oxygen atoms in total. The molecule has 0 saturated carbocycles. The topological polar surface area (TPSA) is 36.7 Å². The molecule has 0 aliphatic carbocycles. The summed E-state index contributed by atoms with van der Waals surface area (Å²) in [7, 11) is 0. The summed E-state index contributed by atoms with van der Waals surface area (Å²) < 4.78 is 27.6. The second-order valence-corrected chi connectivity index (χ2v) is 6.29. The standard InChI is InChI=1S/C19H20F2N2/c1-14(2)7-8-19(13-22,11-15-4-3-9-23-12-15)17-6-5-16(20)10-18(17)21/h3-6,9-10,12,14H,7-8,11H2,1-2H3. The Balaban J connectivity index is 2.46. The Bertz CT molecular complexity index is 692. The van der Waals surface area contributed by atoms with Crippen molar-refractivity contribution in [1.29, 1.82) is 5.26 Å². The zero-order chi connectivity index (χ0) is 16.9. The van der Waals surface area contributed by atoms with E-state index in [-0.39, 0.29) is 5.56 Å². The van der Waals surface area contributed by atoms with E-state index in [4.69, 9.17) is 0 Å². The number of aromatic nitrogens is 1. The third-order valence-corrected chi connectivity index (χ3v) is 4.04. The number of rotatable bonds is 6. The molecule has 0 fully saturated rings. The van der Waals surface area contributed by atoms with Gasteiger partial charge in [0.15, 0.2) is 0 Å². The molecule has 2 rings (SSSR count). The van der Waals surface area contributed by atoms with Crippen molar-refractivity contribution in [3.05, 3.63) is 65.5 Å². The Morgan fingerprint density at radius 2 is 2.04 bits per heavy atom. The van der Waals surface area contributed by atoms with E-state index in [1.165, 1.54) is 12.1 Å². The van der Waals surface area contributed by atoms with Crippen LogP contribution in [0.2, 0.25) is 0 Å². The van der Waals surface area contributed by atoms with Crippen LogP contribution in [0.15, 0.2) is 42.7 Å². The minimum absolute atomic E-state index is 0.255. The van der Waals surface area contributed by atoms with Crippen molar-refractivity contribution in [3.63, 3.8) is 0 Å². The lowest BCUT2D eigenvalue weighted by molar-refractivity contribution is 0.412. The van der Waals surface area contributed by atoms with E-state index in [0.717, 1.165) is 18.1 Å². The first-order valence-corrected chi connectivity index (χ1v) is 7.72. The molecular weight excluding hydrogens is 294 g/mol. The van der Waals surface area contributed by atoms with Gasteiger partial charge in [-0.1, -0.05) is 26.0 Å². The van der Waals surface area contributed by atoms with Crippen LogP contribution in [-0.4, -0.2) is 4.98 Å². The Morgan fingerprint density at radius 3 is 2.61 bits per heavy atom. The molecule has 1 atom stereocenters. The van der Waals surface area contributed by atoms with Crippen molar-refractivity contribution in [2.24, 2.45) is 5.92 Å². The van der Waals surface area contributed by atoms with E-state index in [0.29, 0.717) is 18.8 Å². The molecule has 0 bridgehead atoms. The van der Waals surface area contributed by atoms with E-state index < -0.39 is 17.0 Å². The average molecular weight is 314 g/mol. The lowest BCUT2D eigenvalue weighted by atomic mass is 9.72. The van der Waals surface area contributed by atoms with E-state index >= 15 is 0 Å². The van der Waals surface area contributed by atoms with Gasteiger partial charge in [0.2, 0.25) is 0 Å². The number of pyridine rings is 1. The molecule has 120 valence electrons. The maximum absolute atomic E-state index is 14.4. The molecule has 0 saturated heterocycles. The van der Waals surface area contributed by atoms with E-state index in [1.54, 1.807) is 18.5 Å². The molecule has 1 heterocycles. The molecular formula is C19H20F2N2. The van der Waals surface area contributed by atoms with Crippen molar-refractivity contribution in [2.75, 3.05) is 0 Å². The molecule has 2 aromatic rings. The molecule has 0 N–H and O–H groups in total. The summed E-state index contributed by atoms with van der Waals surface area (Å²) in [6.07, 6.45) is 4.99. The average Bonchev–Trinajstić information content (AvgIpc) is 2.53. The fourth-order valence-electron chi connectivity index (χ4n) is 2.74. The minimum atomic E-state index is -1.02. The highest BCUT2D eigenvalue weighted by molar-refractivity contribution is 5.36. The Labute approximate surface area is 135 Å². The summed E-state index contributed by atoms with van der Waals surface area (Å²) in [5.74, 6) is -0.914. The van der Waals surface area contributed by atoms with Crippen molar-refractivity contribution < 1.29 is 8.78 Å². The van der Waals surface area contributed by atoms with Gasteiger partial charge < -0.3 is 0 Å². The van der Waals surface area contributed by atoms with E-state index in [1.807, 2.05) is 6.07 Å². The normalized spacial score (nSPS) is 13.6. The van der Waals surface area contributed by atoms with Crippen molar-refractivity contribution >= 4 is 0 Å². The number of hydrogen-bond acceptors (Lipinski definition) is 2. The third kappa shape index (κ3) is 4.13. The van der Waals surface area contributed by atoms with Crippen LogP contribution < -0.4 is 0 Å². The van der Waals surface area contributed by atoms with Crippen LogP contribution in [0.1, 0.15) is 37.8 Å². The van der Waals surface area contributed by atoms with Crippen LogP contribution in [0.5, 0.6) is 0 Å². The summed E-state index contributed by atoms with van der Waals surface area (Å²) in [6.45, 7) is 4.13. The van der Waals surface area contributed by atoms with Crippen molar-refractivity contribution in [2.45, 2.75) is 38.5 Å². The lowest BCUT2D eigenvalue weighted by Gasteiger charge is -2.28. The monoisotopic (exact) mass is 314 g/mol. The summed E-state index contributed by atoms with van der Waals surface area (Å²) in [6, 6.07) is 9.42. The highest BCUT2D eigenvalue weighted by atomic mass is 19.1. The van der Waals surface area contributed by atoms with Gasteiger partial charge in [-0.05, 0) is 42.9 Å². The van der Waals surface area contributed by atoms with Crippen LogP contribution in [0.25, 0.3) is 0 Å². The molecule has 1 aromatic carbocycles. The zero-order valence-corrected chi connectivity index (χ0v) is 13.4. The number of halogens is 2. The molecule has 0 aliphatic heterocycles. The lowest BCUT2D eigenvalue weighted by Crippen LogP contribution is -2.29. The van der Waals surface area contributed by atoms with Crippen LogP contribution >= 0.6 is 0 Å². The first kappa shape index (κ1) is 17.1. The van der Waals surface area contributed by atoms with Crippen LogP contribution in [0.4, 0.5) is 8.78 Å². The van der Waals surface area contributed by atoms with Gasteiger partial charge in [-0.2, -0.15) is 5.26 Å². The number of hydrogen-bond donors (Lipinski definition) is 0. The summed E-state index contributed by atoms with van der Waals surface area (Å²) in [5, 5.41) is 9.87. The fraction of sp³-hybridized carbons (Fsp3) is 0.368. The SMILES string of the molecule is CC(C)CCC(C#N)(Cc1cccnc1)c1ccc(F)cc1F. The van der Waals surface area contributed by atoms with Gasteiger partial charge in [0.1, 0.15) is 11.6 Å². The molecule has 0 radical (unpaired) electrons. The van der Waals surface area contributed by atoms with Gasteiger partial charge in [0, 0.05) is 24.0 Å². The molecule has 0 aliphatic rings. The van der Waals surface area contributed by atoms with Gasteiger partial charge >= 0.3 is 0 Å². The molecule has 0 amide bonds. The molecule has 4 heteroatoms. The predicted molar refractivity (Wildman–Crippen MR) is 85.7 cm³/mol. The van der Waals surface area contributed by atoms with Crippen molar-refractivity contribution in [1.82, 2.24) is 4.98 Å². The molecule has 1 aromatic heterocycles. The predicted octanol–water partition coefficient (Wildman–Crippen LogP) is 4.80. The maximum Gasteiger partial charge on any atom is 0.130 e. The fourth-order valence-corrected chi connectivity index (χ4v) is 2.74. The van der Waals surface area contributed by atoms with E-state index in [9.17, 15) is 14.0 Å². The molecule has 1 unspecified atom stereocenters. The first-order valence-electron chi connectivity index (χ1n) is 7.72. The first-order chi connectivity index (χ1) is 11.0. The van der Waals surface area contributed by atoms with Crippen LogP contribution in [0, 0.1) is 28.9 Å². The van der Waals surface area contributed by atoms with Gasteiger partial charge in [-0.15, -0.1) is 0 Å². The second kappa shape index (κ2) is 7.32. The van der Waals surface area contributed by atoms with Crippen molar-refractivity contribution in [3.8, 4) is 6.07 Å². The number of benzene rings is 1. The Morgan fingerprint density at radius 1 is 1.26 bits per heavy atom. The number of nitrogens with zero attached hydrogens (tertiary/aromatic N) is 2. The molecule has 23 heavy (non-hydrogen) atoms. The summed E-state index contributed by atoms with van der Waals surface area (Å²) in [4.78, 5) is 4.07. The van der Waals surface area contributed by atoms with Gasteiger partial charge in [-0.25, -0.2) is 8.78 Å². The smallest absolute Gasteiger partial charge is 0.130 e. The summed E-state index contributed by atoms with van der Waals surface area (Å²) in [5.41, 5.74) is 0.0953. The highest BCUT2D eigenvalue weighted by Gasteiger charge is 2.35. The maximum atomic E-state index is 14.4. The zero-order valence-electron chi connectivity index (χ0n) is 13.4. The Kier molecular flexibility index (Phi) is 5.44. The highest BCUT2D eigenvalue weighted by Crippen LogP contribution is 2.35. The minimum Gasteiger partial charge on any atom is -0.264 e. The second-order valence-electron chi connectivity index (χ2n) is 6.29. The van der Waals surface area contributed by atoms with Crippen LogP contribution in [0.3, 0.4) is 0 Å². The van der Waals surface area contributed by atoms with Crippen LogP contribution in [-0.2, 0) is 11.8 Å².